The van der Waals surface area contributed by atoms with E-state index in [1.807, 2.05) is 13.8 Å². The van der Waals surface area contributed by atoms with Crippen molar-refractivity contribution in [2.45, 2.75) is 25.8 Å². The number of carbonyl (C=O) groups is 1. The molecule has 0 unspecified atom stereocenters. The summed E-state index contributed by atoms with van der Waals surface area (Å²) in [6.45, 7) is 5.34. The number of likely N-dealkylation sites (tertiary alicyclic amines) is 1. The van der Waals surface area contributed by atoms with Gasteiger partial charge in [-0.15, -0.1) is 0 Å². The van der Waals surface area contributed by atoms with Crippen LogP contribution in [0, 0.1) is 5.41 Å². The highest BCUT2D eigenvalue weighted by molar-refractivity contribution is 5.91. The van der Waals surface area contributed by atoms with E-state index in [0.29, 0.717) is 26.3 Å². The van der Waals surface area contributed by atoms with Gasteiger partial charge in [-0.05, 0) is 26.0 Å². The number of halogens is 3. The number of nitrogens with one attached hydrogen (secondary N) is 1. The molecule has 0 atom stereocenters. The van der Waals surface area contributed by atoms with E-state index in [1.165, 1.54) is 23.1 Å². The smallest absolute Gasteiger partial charge is 0.350 e. The molecule has 0 radical (unpaired) electrons. The Morgan fingerprint density at radius 2 is 1.75 bits per heavy atom. The summed E-state index contributed by atoms with van der Waals surface area (Å²) in [6, 6.07) is 4.37. The van der Waals surface area contributed by atoms with Crippen LogP contribution in [0.5, 0.6) is 0 Å². The van der Waals surface area contributed by atoms with Gasteiger partial charge in [0.05, 0.1) is 29.9 Å². The first kappa shape index (κ1) is 17.0. The van der Waals surface area contributed by atoms with E-state index in [9.17, 15) is 18.0 Å². The number of benzene rings is 1. The van der Waals surface area contributed by atoms with E-state index < -0.39 is 23.6 Å². The number of alkyl halides is 3. The first-order chi connectivity index (χ1) is 11.1. The Hall–Kier alpha value is -1.80. The average molecular weight is 344 g/mol. The summed E-state index contributed by atoms with van der Waals surface area (Å²) >= 11 is 0. The molecule has 8 heteroatoms. The van der Waals surface area contributed by atoms with Gasteiger partial charge in [0.2, 0.25) is 0 Å². The van der Waals surface area contributed by atoms with Gasteiger partial charge in [0.15, 0.2) is 5.79 Å². The third kappa shape index (κ3) is 3.34. The number of amides is 2. The number of hydrogen-bond donors (Lipinski definition) is 1. The summed E-state index contributed by atoms with van der Waals surface area (Å²) in [5.41, 5.74) is -1.37. The predicted octanol–water partition coefficient (Wildman–Crippen LogP) is 3.32. The Morgan fingerprint density at radius 1 is 1.17 bits per heavy atom. The third-order valence-electron chi connectivity index (χ3n) is 4.27. The zero-order chi connectivity index (χ0) is 17.6. The molecule has 2 saturated heterocycles. The summed E-state index contributed by atoms with van der Waals surface area (Å²) in [6.07, 6.45) is -4.52. The molecule has 1 N–H and O–H groups in total. The van der Waals surface area contributed by atoms with Gasteiger partial charge >= 0.3 is 12.2 Å². The Kier molecular flexibility index (Phi) is 4.00. The molecular weight excluding hydrogens is 325 g/mol. The van der Waals surface area contributed by atoms with Crippen molar-refractivity contribution in [2.24, 2.45) is 5.41 Å². The normalized spacial score (nSPS) is 22.1. The largest absolute Gasteiger partial charge is 0.418 e. The van der Waals surface area contributed by atoms with E-state index in [0.717, 1.165) is 6.07 Å². The first-order valence-corrected chi connectivity index (χ1v) is 7.60. The molecule has 24 heavy (non-hydrogen) atoms. The van der Waals surface area contributed by atoms with Crippen LogP contribution in [0.15, 0.2) is 24.3 Å². The topological polar surface area (TPSA) is 50.8 Å². The van der Waals surface area contributed by atoms with Crippen LogP contribution in [-0.4, -0.2) is 43.0 Å². The van der Waals surface area contributed by atoms with Gasteiger partial charge in [-0.25, -0.2) is 4.79 Å². The van der Waals surface area contributed by atoms with E-state index in [-0.39, 0.29) is 11.1 Å². The van der Waals surface area contributed by atoms with Gasteiger partial charge < -0.3 is 19.7 Å². The summed E-state index contributed by atoms with van der Waals surface area (Å²) in [5, 5.41) is 2.34. The standard InChI is InChI=1S/C16H19F3N2O3/c1-14(2)23-9-15(10-24-14)7-21(8-15)13(22)20-12-6-4-3-5-11(12)16(17,18)19/h3-6H,7-10H2,1-2H3,(H,20,22). The Labute approximate surface area is 137 Å². The number of nitrogens with zero attached hydrogens (tertiary/aromatic N) is 1. The van der Waals surface area contributed by atoms with Crippen LogP contribution >= 0.6 is 0 Å². The highest BCUT2D eigenvalue weighted by atomic mass is 19.4. The minimum atomic E-state index is -4.52. The molecule has 0 bridgehead atoms. The highest BCUT2D eigenvalue weighted by Gasteiger charge is 2.50. The number of ether oxygens (including phenoxy) is 2. The maximum absolute atomic E-state index is 13.0. The predicted molar refractivity (Wildman–Crippen MR) is 80.5 cm³/mol. The summed E-state index contributed by atoms with van der Waals surface area (Å²) in [4.78, 5) is 13.6. The molecule has 0 saturated carbocycles. The number of anilines is 1. The molecule has 1 spiro atoms. The molecule has 2 aliphatic heterocycles. The fourth-order valence-corrected chi connectivity index (χ4v) is 2.86. The quantitative estimate of drug-likeness (QED) is 0.850. The highest BCUT2D eigenvalue weighted by Crippen LogP contribution is 2.39. The number of urea groups is 1. The fourth-order valence-electron chi connectivity index (χ4n) is 2.86. The SMILES string of the molecule is CC1(C)OCC2(CO1)CN(C(=O)Nc1ccccc1C(F)(F)F)C2. The second-order valence-electron chi connectivity index (χ2n) is 6.81. The maximum Gasteiger partial charge on any atom is 0.418 e. The maximum atomic E-state index is 13.0. The van der Waals surface area contributed by atoms with E-state index in [2.05, 4.69) is 5.32 Å². The van der Waals surface area contributed by atoms with Crippen molar-refractivity contribution < 1.29 is 27.4 Å². The van der Waals surface area contributed by atoms with E-state index in [4.69, 9.17) is 9.47 Å². The monoisotopic (exact) mass is 344 g/mol. The van der Waals surface area contributed by atoms with Gasteiger partial charge in [-0.3, -0.25) is 0 Å². The molecule has 3 rings (SSSR count). The molecule has 1 aromatic rings. The van der Waals surface area contributed by atoms with Crippen molar-refractivity contribution in [2.75, 3.05) is 31.6 Å². The van der Waals surface area contributed by atoms with Crippen LogP contribution in [0.4, 0.5) is 23.7 Å². The van der Waals surface area contributed by atoms with Crippen LogP contribution in [0.3, 0.4) is 0 Å². The van der Waals surface area contributed by atoms with Crippen molar-refractivity contribution in [3.8, 4) is 0 Å². The fraction of sp³-hybridized carbons (Fsp3) is 0.562. The van der Waals surface area contributed by atoms with Crippen molar-refractivity contribution in [1.29, 1.82) is 0 Å². The van der Waals surface area contributed by atoms with Crippen LogP contribution in [0.25, 0.3) is 0 Å². The van der Waals surface area contributed by atoms with Crippen LogP contribution in [0.2, 0.25) is 0 Å². The van der Waals surface area contributed by atoms with Gasteiger partial charge in [-0.2, -0.15) is 13.2 Å². The number of carbonyl (C=O) groups excluding carboxylic acids is 1. The number of hydrogen-bond acceptors (Lipinski definition) is 3. The van der Waals surface area contributed by atoms with Crippen LogP contribution in [-0.2, 0) is 15.7 Å². The Bertz CT molecular complexity index is 628. The molecule has 2 fully saturated rings. The second-order valence-corrected chi connectivity index (χ2v) is 6.81. The molecule has 2 heterocycles. The summed E-state index contributed by atoms with van der Waals surface area (Å²) in [5.74, 6) is -0.639. The molecule has 2 amide bonds. The zero-order valence-corrected chi connectivity index (χ0v) is 13.4. The lowest BCUT2D eigenvalue weighted by Crippen LogP contribution is -2.66. The van der Waals surface area contributed by atoms with Crippen LogP contribution in [0.1, 0.15) is 19.4 Å². The molecule has 2 aliphatic rings. The lowest BCUT2D eigenvalue weighted by molar-refractivity contribution is -0.301. The van der Waals surface area contributed by atoms with Gasteiger partial charge in [0.25, 0.3) is 0 Å². The van der Waals surface area contributed by atoms with E-state index >= 15 is 0 Å². The molecule has 1 aromatic carbocycles. The lowest BCUT2D eigenvalue weighted by Gasteiger charge is -2.53. The van der Waals surface area contributed by atoms with Crippen LogP contribution < -0.4 is 5.32 Å². The molecule has 5 nitrogen and oxygen atoms in total. The molecular formula is C16H19F3N2O3. The van der Waals surface area contributed by atoms with Crippen molar-refractivity contribution in [3.63, 3.8) is 0 Å². The molecule has 0 aromatic heterocycles. The zero-order valence-electron chi connectivity index (χ0n) is 13.4. The van der Waals surface area contributed by atoms with Gasteiger partial charge in [0.1, 0.15) is 0 Å². The van der Waals surface area contributed by atoms with Crippen molar-refractivity contribution >= 4 is 11.7 Å². The second kappa shape index (κ2) is 5.63. The third-order valence-corrected chi connectivity index (χ3v) is 4.27. The summed E-state index contributed by atoms with van der Waals surface area (Å²) in [7, 11) is 0. The van der Waals surface area contributed by atoms with Crippen molar-refractivity contribution in [3.05, 3.63) is 29.8 Å². The van der Waals surface area contributed by atoms with Gasteiger partial charge in [0, 0.05) is 13.1 Å². The minimum Gasteiger partial charge on any atom is -0.350 e. The van der Waals surface area contributed by atoms with Crippen molar-refractivity contribution in [1.82, 2.24) is 4.90 Å². The summed E-state index contributed by atoms with van der Waals surface area (Å²) < 4.78 is 50.1. The number of para-hydroxylation sites is 1. The first-order valence-electron chi connectivity index (χ1n) is 7.60. The molecule has 132 valence electrons. The van der Waals surface area contributed by atoms with Gasteiger partial charge in [-0.1, -0.05) is 12.1 Å². The van der Waals surface area contributed by atoms with E-state index in [1.54, 1.807) is 0 Å². The molecule has 0 aliphatic carbocycles. The Morgan fingerprint density at radius 3 is 2.33 bits per heavy atom. The Balaban J connectivity index is 1.61. The number of rotatable bonds is 1. The average Bonchev–Trinajstić information content (AvgIpc) is 2.44. The minimum absolute atomic E-state index is 0.242. The lowest BCUT2D eigenvalue weighted by atomic mass is 9.80.